The van der Waals surface area contributed by atoms with Crippen LogP contribution in [0.5, 0.6) is 0 Å². The van der Waals surface area contributed by atoms with Crippen LogP contribution in [0.2, 0.25) is 5.04 Å². The summed E-state index contributed by atoms with van der Waals surface area (Å²) in [5, 5.41) is 13.5. The summed E-state index contributed by atoms with van der Waals surface area (Å²) >= 11 is 0. The van der Waals surface area contributed by atoms with Crippen LogP contribution < -0.4 is 10.4 Å². The summed E-state index contributed by atoms with van der Waals surface area (Å²) < 4.78 is 7.02. The maximum atomic E-state index is 11.1. The summed E-state index contributed by atoms with van der Waals surface area (Å²) in [7, 11) is -2.64. The van der Waals surface area contributed by atoms with Crippen LogP contribution in [0.1, 0.15) is 62.3 Å². The number of rotatable bonds is 9. The summed E-state index contributed by atoms with van der Waals surface area (Å²) in [6, 6.07) is 21.3. The fourth-order valence-corrected chi connectivity index (χ4v) is 9.44. The fraction of sp³-hybridized carbons (Fsp3) is 0.438. The lowest BCUT2D eigenvalue weighted by molar-refractivity contribution is 0.160. The van der Waals surface area contributed by atoms with Crippen molar-refractivity contribution in [1.82, 2.24) is 0 Å². The second kappa shape index (κ2) is 11.7. The summed E-state index contributed by atoms with van der Waals surface area (Å²) in [5.74, 6) is -0.119. The van der Waals surface area contributed by atoms with Gasteiger partial charge in [0.1, 0.15) is 0 Å². The zero-order chi connectivity index (χ0) is 26.4. The summed E-state index contributed by atoms with van der Waals surface area (Å²) in [6.07, 6.45) is 3.71. The molecule has 2 atom stereocenters. The number of aliphatic hydroxyl groups is 1. The van der Waals surface area contributed by atoms with Gasteiger partial charge in [0, 0.05) is 5.92 Å². The molecule has 3 heteroatoms. The molecular formula is C32H46O2Si. The van der Waals surface area contributed by atoms with Gasteiger partial charge in [-0.25, -0.2) is 0 Å². The van der Waals surface area contributed by atoms with Crippen molar-refractivity contribution in [2.24, 2.45) is 11.3 Å². The molecule has 0 aliphatic rings. The molecule has 2 aromatic carbocycles. The van der Waals surface area contributed by atoms with Crippen molar-refractivity contribution < 1.29 is 9.53 Å². The van der Waals surface area contributed by atoms with Crippen LogP contribution in [-0.2, 0) is 4.43 Å². The molecule has 35 heavy (non-hydrogen) atoms. The van der Waals surface area contributed by atoms with E-state index < -0.39 is 14.4 Å². The second-order valence-electron chi connectivity index (χ2n) is 12.0. The highest BCUT2D eigenvalue weighted by atomic mass is 28.4. The molecular weight excluding hydrogens is 444 g/mol. The third-order valence-corrected chi connectivity index (χ3v) is 11.6. The first-order valence-electron chi connectivity index (χ1n) is 12.7. The summed E-state index contributed by atoms with van der Waals surface area (Å²) in [6.45, 7) is 24.3. The predicted octanol–water partition coefficient (Wildman–Crippen LogP) is 7.05. The third-order valence-electron chi connectivity index (χ3n) is 6.59. The van der Waals surface area contributed by atoms with Crippen molar-refractivity contribution in [2.45, 2.75) is 73.5 Å². The first kappa shape index (κ1) is 29.0. The Morgan fingerprint density at radius 1 is 0.914 bits per heavy atom. The second-order valence-corrected chi connectivity index (χ2v) is 16.3. The van der Waals surface area contributed by atoms with Gasteiger partial charge in [-0.2, -0.15) is 0 Å². The topological polar surface area (TPSA) is 29.5 Å². The van der Waals surface area contributed by atoms with E-state index in [4.69, 9.17) is 4.43 Å². The van der Waals surface area contributed by atoms with E-state index >= 15 is 0 Å². The molecule has 1 N–H and O–H groups in total. The highest BCUT2D eigenvalue weighted by Crippen LogP contribution is 2.37. The smallest absolute Gasteiger partial charge is 0.261 e. The molecule has 2 nitrogen and oxygen atoms in total. The zero-order valence-electron chi connectivity index (χ0n) is 23.4. The van der Waals surface area contributed by atoms with Crippen LogP contribution in [0.3, 0.4) is 0 Å². The number of benzene rings is 2. The molecule has 0 aliphatic heterocycles. The molecule has 0 spiro atoms. The van der Waals surface area contributed by atoms with E-state index in [-0.39, 0.29) is 16.4 Å². The molecule has 0 heterocycles. The molecule has 0 aromatic heterocycles. The fourth-order valence-electron chi connectivity index (χ4n) is 4.88. The zero-order valence-corrected chi connectivity index (χ0v) is 24.4. The van der Waals surface area contributed by atoms with Gasteiger partial charge in [-0.3, -0.25) is 0 Å². The monoisotopic (exact) mass is 490 g/mol. The molecule has 0 aliphatic carbocycles. The van der Waals surface area contributed by atoms with E-state index in [9.17, 15) is 5.11 Å². The maximum Gasteiger partial charge on any atom is 0.261 e. The van der Waals surface area contributed by atoms with Gasteiger partial charge in [-0.15, -0.1) is 0 Å². The Morgan fingerprint density at radius 2 is 1.37 bits per heavy atom. The van der Waals surface area contributed by atoms with Gasteiger partial charge in [0.25, 0.3) is 8.32 Å². The SMILES string of the molecule is C=C(CO[Si](c1ccccc1)(c1ccccc1)C(C)(C)C)[C@H](C)[C@@H](O)/C(C)=C/C(C)=C/C(C)(C)C. The lowest BCUT2D eigenvalue weighted by atomic mass is 9.89. The van der Waals surface area contributed by atoms with Gasteiger partial charge in [-0.05, 0) is 45.8 Å². The molecule has 0 fully saturated rings. The third kappa shape index (κ3) is 7.39. The van der Waals surface area contributed by atoms with Gasteiger partial charge >= 0.3 is 0 Å². The molecule has 2 rings (SSSR count). The van der Waals surface area contributed by atoms with Crippen molar-refractivity contribution in [1.29, 1.82) is 0 Å². The van der Waals surface area contributed by atoms with Crippen LogP contribution in [0, 0.1) is 11.3 Å². The van der Waals surface area contributed by atoms with E-state index in [1.165, 1.54) is 10.4 Å². The Morgan fingerprint density at radius 3 is 1.77 bits per heavy atom. The van der Waals surface area contributed by atoms with E-state index in [0.717, 1.165) is 16.7 Å². The average Bonchev–Trinajstić information content (AvgIpc) is 2.77. The predicted molar refractivity (Wildman–Crippen MR) is 155 cm³/mol. The highest BCUT2D eigenvalue weighted by Gasteiger charge is 2.50. The van der Waals surface area contributed by atoms with E-state index in [1.54, 1.807) is 0 Å². The highest BCUT2D eigenvalue weighted by molar-refractivity contribution is 6.99. The molecule has 0 bridgehead atoms. The largest absolute Gasteiger partial charge is 0.403 e. The van der Waals surface area contributed by atoms with Crippen molar-refractivity contribution in [3.63, 3.8) is 0 Å². The van der Waals surface area contributed by atoms with Crippen molar-refractivity contribution in [3.05, 3.63) is 96.1 Å². The average molecular weight is 491 g/mol. The Kier molecular flexibility index (Phi) is 9.69. The van der Waals surface area contributed by atoms with Crippen LogP contribution >= 0.6 is 0 Å². The minimum absolute atomic E-state index is 0.0947. The van der Waals surface area contributed by atoms with Gasteiger partial charge < -0.3 is 9.53 Å². The Bertz CT molecular complexity index is 981. The van der Waals surface area contributed by atoms with Crippen LogP contribution in [-0.4, -0.2) is 26.1 Å². The molecule has 0 unspecified atom stereocenters. The minimum atomic E-state index is -2.64. The maximum absolute atomic E-state index is 11.1. The molecule has 0 radical (unpaired) electrons. The van der Waals surface area contributed by atoms with Gasteiger partial charge in [-0.1, -0.05) is 133 Å². The lowest BCUT2D eigenvalue weighted by Gasteiger charge is -2.43. The van der Waals surface area contributed by atoms with Crippen molar-refractivity contribution >= 4 is 18.7 Å². The standard InChI is InChI=1S/C32H46O2Si/c1-24(22-31(5,6)7)21-25(2)30(33)27(4)26(3)23-34-35(32(8,9)10,28-17-13-11-14-18-28)29-19-15-12-16-20-29/h11-22,27,30,33H,3,23H2,1-2,4-10H3/b24-22+,25-21+/t27-,30-/m0/s1. The minimum Gasteiger partial charge on any atom is -0.403 e. The van der Waals surface area contributed by atoms with E-state index in [2.05, 4.69) is 128 Å². The quantitative estimate of drug-likeness (QED) is 0.232. The van der Waals surface area contributed by atoms with Gasteiger partial charge in [0.2, 0.25) is 0 Å². The Hall–Kier alpha value is -2.20. The summed E-state index contributed by atoms with van der Waals surface area (Å²) in [4.78, 5) is 0. The van der Waals surface area contributed by atoms with Crippen molar-refractivity contribution in [3.8, 4) is 0 Å². The van der Waals surface area contributed by atoms with E-state index in [1.807, 2.05) is 13.8 Å². The first-order valence-corrected chi connectivity index (χ1v) is 14.6. The molecule has 0 saturated carbocycles. The summed E-state index contributed by atoms with van der Waals surface area (Å²) in [5.41, 5.74) is 3.12. The van der Waals surface area contributed by atoms with Crippen molar-refractivity contribution in [2.75, 3.05) is 6.61 Å². The molecule has 2 aromatic rings. The Labute approximate surface area is 215 Å². The molecule has 190 valence electrons. The number of allylic oxidation sites excluding steroid dienone is 3. The number of hydrogen-bond donors (Lipinski definition) is 1. The van der Waals surface area contributed by atoms with Gasteiger partial charge in [0.15, 0.2) is 0 Å². The van der Waals surface area contributed by atoms with Gasteiger partial charge in [0.05, 0.1) is 12.7 Å². The Balaban J connectivity index is 2.35. The normalized spacial score (nSPS) is 15.6. The van der Waals surface area contributed by atoms with Crippen LogP contribution in [0.4, 0.5) is 0 Å². The lowest BCUT2D eigenvalue weighted by Crippen LogP contribution is -2.66. The van der Waals surface area contributed by atoms with Crippen LogP contribution in [0.15, 0.2) is 96.1 Å². The first-order chi connectivity index (χ1) is 16.2. The van der Waals surface area contributed by atoms with Crippen LogP contribution in [0.25, 0.3) is 0 Å². The number of hydrogen-bond acceptors (Lipinski definition) is 2. The molecule has 0 amide bonds. The molecule has 0 saturated heterocycles. The van der Waals surface area contributed by atoms with E-state index in [0.29, 0.717) is 6.61 Å². The number of aliphatic hydroxyl groups excluding tert-OH is 1.